The van der Waals surface area contributed by atoms with Crippen LogP contribution in [0.4, 0.5) is 0 Å². The molecule has 0 rings (SSSR count). The Morgan fingerprint density at radius 3 is 0.938 bits per heavy atom. The van der Waals surface area contributed by atoms with Crippen LogP contribution in [-0.4, -0.2) is 37.2 Å². The normalized spacial score (nSPS) is 12.6. The Kier molecular flexibility index (Phi) is 50.9. The van der Waals surface area contributed by atoms with Crippen molar-refractivity contribution in [1.82, 2.24) is 0 Å². The Hall–Kier alpha value is -3.15. The molecule has 0 bridgehead atoms. The van der Waals surface area contributed by atoms with Gasteiger partial charge in [0.05, 0.1) is 0 Å². The van der Waals surface area contributed by atoms with Gasteiger partial charge in [-0.15, -0.1) is 0 Å². The summed E-state index contributed by atoms with van der Waals surface area (Å²) >= 11 is 0. The molecule has 0 aromatic carbocycles. The lowest BCUT2D eigenvalue weighted by Crippen LogP contribution is -2.30. The molecule has 0 N–H and O–H groups in total. The number of rotatable bonds is 49. The summed E-state index contributed by atoms with van der Waals surface area (Å²) in [5, 5.41) is 0. The molecule has 1 unspecified atom stereocenters. The molecule has 0 aromatic rings. The molecule has 0 fully saturated rings. The topological polar surface area (TPSA) is 78.9 Å². The Bertz CT molecular complexity index is 1230. The van der Waals surface area contributed by atoms with Gasteiger partial charge in [-0.1, -0.05) is 280 Å². The minimum atomic E-state index is -0.790. The molecule has 0 aliphatic carbocycles. The summed E-state index contributed by atoms with van der Waals surface area (Å²) in [5.74, 6) is -0.921. The van der Waals surface area contributed by atoms with E-state index in [0.717, 1.165) is 70.6 Å². The van der Waals surface area contributed by atoms with Crippen LogP contribution in [0.2, 0.25) is 0 Å². The van der Waals surface area contributed by atoms with E-state index in [1.807, 2.05) is 60.8 Å². The zero-order chi connectivity index (χ0) is 47.2. The Labute approximate surface area is 402 Å². The lowest BCUT2D eigenvalue weighted by atomic mass is 10.0. The fraction of sp³-hybridized carbons (Fsp3) is 0.746. The second-order valence-corrected chi connectivity index (χ2v) is 18.3. The zero-order valence-electron chi connectivity index (χ0n) is 42.7. The molecule has 0 amide bonds. The van der Waals surface area contributed by atoms with E-state index in [-0.39, 0.29) is 31.1 Å². The van der Waals surface area contributed by atoms with Crippen molar-refractivity contribution < 1.29 is 28.6 Å². The van der Waals surface area contributed by atoms with Gasteiger partial charge in [-0.25, -0.2) is 0 Å². The van der Waals surface area contributed by atoms with Gasteiger partial charge in [-0.3, -0.25) is 14.4 Å². The quantitative estimate of drug-likeness (QED) is 0.0262. The van der Waals surface area contributed by atoms with E-state index in [0.29, 0.717) is 19.3 Å². The van der Waals surface area contributed by atoms with E-state index in [9.17, 15) is 14.4 Å². The number of allylic oxidation sites excluding steroid dienone is 12. The van der Waals surface area contributed by atoms with Gasteiger partial charge in [0.15, 0.2) is 6.10 Å². The van der Waals surface area contributed by atoms with Crippen molar-refractivity contribution in [2.45, 2.75) is 271 Å². The largest absolute Gasteiger partial charge is 0.462 e. The summed E-state index contributed by atoms with van der Waals surface area (Å²) in [5.41, 5.74) is 0. The summed E-state index contributed by atoms with van der Waals surface area (Å²) in [6.07, 6.45) is 67.4. The predicted octanol–water partition coefficient (Wildman–Crippen LogP) is 18.2. The molecule has 0 heterocycles. The summed E-state index contributed by atoms with van der Waals surface area (Å²) in [4.78, 5) is 38.1. The minimum Gasteiger partial charge on any atom is -0.462 e. The highest BCUT2D eigenvalue weighted by Gasteiger charge is 2.19. The molecule has 0 spiro atoms. The molecule has 0 saturated carbocycles. The van der Waals surface area contributed by atoms with Crippen molar-refractivity contribution in [3.8, 4) is 0 Å². The maximum absolute atomic E-state index is 12.8. The third kappa shape index (κ3) is 51.7. The van der Waals surface area contributed by atoms with Crippen molar-refractivity contribution >= 4 is 17.9 Å². The van der Waals surface area contributed by atoms with Crippen molar-refractivity contribution in [3.05, 3.63) is 72.9 Å². The SMILES string of the molecule is CC\C=C/C=C\C=C/C=C\C=C\C=C/CCCCCC(=O)OCC(COC(=O)CCCCCCCCCCCCCCCC)OC(=O)CCCCCCCCCCCCCCCCCC. The molecule has 6 heteroatoms. The first-order valence-electron chi connectivity index (χ1n) is 27.5. The molecular formula is C59H102O6. The van der Waals surface area contributed by atoms with Crippen LogP contribution in [0.25, 0.3) is 0 Å². The van der Waals surface area contributed by atoms with E-state index in [1.54, 1.807) is 0 Å². The summed E-state index contributed by atoms with van der Waals surface area (Å²) < 4.78 is 16.8. The predicted molar refractivity (Wildman–Crippen MR) is 279 cm³/mol. The lowest BCUT2D eigenvalue weighted by molar-refractivity contribution is -0.167. The Balaban J connectivity index is 4.45. The number of carbonyl (C=O) groups excluding carboxylic acids is 3. The van der Waals surface area contributed by atoms with Crippen LogP contribution in [-0.2, 0) is 28.6 Å². The third-order valence-electron chi connectivity index (χ3n) is 11.9. The molecule has 374 valence electrons. The fourth-order valence-corrected chi connectivity index (χ4v) is 7.77. The van der Waals surface area contributed by atoms with Gasteiger partial charge in [0.25, 0.3) is 0 Å². The van der Waals surface area contributed by atoms with Gasteiger partial charge in [-0.2, -0.15) is 0 Å². The summed E-state index contributed by atoms with van der Waals surface area (Å²) in [6.45, 7) is 6.48. The van der Waals surface area contributed by atoms with Gasteiger partial charge in [0, 0.05) is 19.3 Å². The highest BCUT2D eigenvalue weighted by Crippen LogP contribution is 2.16. The molecule has 6 nitrogen and oxygen atoms in total. The van der Waals surface area contributed by atoms with E-state index >= 15 is 0 Å². The van der Waals surface area contributed by atoms with Crippen LogP contribution in [0.15, 0.2) is 72.9 Å². The maximum Gasteiger partial charge on any atom is 0.306 e. The first kappa shape index (κ1) is 61.9. The van der Waals surface area contributed by atoms with Gasteiger partial charge >= 0.3 is 17.9 Å². The molecule has 1 atom stereocenters. The van der Waals surface area contributed by atoms with E-state index in [4.69, 9.17) is 14.2 Å². The molecule has 0 aromatic heterocycles. The van der Waals surface area contributed by atoms with Crippen molar-refractivity contribution in [2.75, 3.05) is 13.2 Å². The van der Waals surface area contributed by atoms with Crippen LogP contribution in [0.5, 0.6) is 0 Å². The van der Waals surface area contributed by atoms with Crippen LogP contribution in [0, 0.1) is 0 Å². The zero-order valence-corrected chi connectivity index (χ0v) is 42.7. The molecule has 0 saturated heterocycles. The molecule has 65 heavy (non-hydrogen) atoms. The number of hydrogen-bond acceptors (Lipinski definition) is 6. The molecule has 0 radical (unpaired) electrons. The van der Waals surface area contributed by atoms with Crippen molar-refractivity contribution in [2.24, 2.45) is 0 Å². The first-order valence-corrected chi connectivity index (χ1v) is 27.5. The monoisotopic (exact) mass is 907 g/mol. The van der Waals surface area contributed by atoms with Crippen molar-refractivity contribution in [3.63, 3.8) is 0 Å². The summed E-state index contributed by atoms with van der Waals surface area (Å²) in [6, 6.07) is 0. The number of ether oxygens (including phenoxy) is 3. The highest BCUT2D eigenvalue weighted by atomic mass is 16.6. The van der Waals surface area contributed by atoms with Crippen LogP contribution < -0.4 is 0 Å². The van der Waals surface area contributed by atoms with Gasteiger partial charge in [0.2, 0.25) is 0 Å². The number of esters is 3. The van der Waals surface area contributed by atoms with E-state index < -0.39 is 6.10 Å². The summed E-state index contributed by atoms with van der Waals surface area (Å²) in [7, 11) is 0. The first-order chi connectivity index (χ1) is 32.0. The van der Waals surface area contributed by atoms with Crippen LogP contribution >= 0.6 is 0 Å². The second-order valence-electron chi connectivity index (χ2n) is 18.3. The number of unbranched alkanes of at least 4 members (excludes halogenated alkanes) is 31. The van der Waals surface area contributed by atoms with Crippen LogP contribution in [0.3, 0.4) is 0 Å². The van der Waals surface area contributed by atoms with Crippen molar-refractivity contribution in [1.29, 1.82) is 0 Å². The Morgan fingerprint density at radius 1 is 0.323 bits per heavy atom. The van der Waals surface area contributed by atoms with Gasteiger partial charge in [-0.05, 0) is 38.5 Å². The molecule has 0 aliphatic rings. The second kappa shape index (κ2) is 53.5. The average Bonchev–Trinajstić information content (AvgIpc) is 3.30. The van der Waals surface area contributed by atoms with E-state index in [1.165, 1.54) is 154 Å². The smallest absolute Gasteiger partial charge is 0.306 e. The average molecular weight is 907 g/mol. The maximum atomic E-state index is 12.8. The highest BCUT2D eigenvalue weighted by molar-refractivity contribution is 5.71. The minimum absolute atomic E-state index is 0.0863. The van der Waals surface area contributed by atoms with Gasteiger partial charge < -0.3 is 14.2 Å². The van der Waals surface area contributed by atoms with Gasteiger partial charge in [0.1, 0.15) is 13.2 Å². The lowest BCUT2D eigenvalue weighted by Gasteiger charge is -2.18. The standard InChI is InChI=1S/C59H102O6/c1-4-7-10-13-16-19-22-25-28-30-32-34-37-40-43-46-49-52-58(61)64-55-56(54-63-57(60)51-48-45-42-39-36-33-27-24-21-18-15-12-9-6-3)65-59(62)53-50-47-44-41-38-35-31-29-26-23-20-17-14-11-8-5-2/h7,10,13,16,19,22,25,28,30,32,34,37,56H,4-6,8-9,11-12,14-15,17-18,20-21,23-24,26-27,29,31,33,35-36,38-55H2,1-3H3/b10-7-,16-13-,22-19-,28-25-,32-30+,37-34-. The Morgan fingerprint density at radius 2 is 0.600 bits per heavy atom. The number of hydrogen-bond donors (Lipinski definition) is 0. The van der Waals surface area contributed by atoms with E-state index in [2.05, 4.69) is 32.9 Å². The van der Waals surface area contributed by atoms with Crippen LogP contribution in [0.1, 0.15) is 265 Å². The number of carbonyl (C=O) groups is 3. The molecular weight excluding hydrogens is 805 g/mol. The molecule has 0 aliphatic heterocycles. The fourth-order valence-electron chi connectivity index (χ4n) is 7.77. The third-order valence-corrected chi connectivity index (χ3v) is 11.9.